The lowest BCUT2D eigenvalue weighted by molar-refractivity contribution is 0.313. The molecule has 8 heteroatoms. The van der Waals surface area contributed by atoms with Crippen LogP contribution < -0.4 is 5.69 Å². The molecule has 24 heavy (non-hydrogen) atoms. The Bertz CT molecular complexity index is 1140. The third-order valence-corrected chi connectivity index (χ3v) is 4.60. The van der Waals surface area contributed by atoms with Crippen LogP contribution in [0.25, 0.3) is 28.3 Å². The van der Waals surface area contributed by atoms with E-state index in [1.165, 1.54) is 12.3 Å². The Balaban J connectivity index is 1.74. The minimum Gasteiger partial charge on any atom is -0.303 e. The molecule has 1 N–H and O–H groups in total. The molecule has 7 nitrogen and oxygen atoms in total. The zero-order valence-corrected chi connectivity index (χ0v) is 12.6. The Labute approximate surface area is 134 Å². The smallest absolute Gasteiger partial charge is 0.303 e. The number of imidazole rings is 2. The molecular formula is C16H13FN6O. The van der Waals surface area contributed by atoms with E-state index in [4.69, 9.17) is 0 Å². The summed E-state index contributed by atoms with van der Waals surface area (Å²) in [6.45, 7) is 0. The molecule has 4 aromatic rings. The van der Waals surface area contributed by atoms with Crippen LogP contribution in [0.2, 0.25) is 0 Å². The van der Waals surface area contributed by atoms with E-state index in [0.717, 1.165) is 19.3 Å². The number of hydrogen-bond donors (Lipinski definition) is 1. The van der Waals surface area contributed by atoms with Gasteiger partial charge in [0.15, 0.2) is 11.5 Å². The summed E-state index contributed by atoms with van der Waals surface area (Å²) in [4.78, 5) is 28.1. The van der Waals surface area contributed by atoms with Gasteiger partial charge < -0.3 is 4.98 Å². The lowest BCUT2D eigenvalue weighted by Crippen LogP contribution is -2.27. The average Bonchev–Trinajstić information content (AvgIpc) is 3.07. The normalized spacial score (nSPS) is 15.2. The predicted octanol–water partition coefficient (Wildman–Crippen LogP) is 2.30. The number of fused-ring (bicyclic) bond motifs is 2. The Morgan fingerprint density at radius 2 is 2.08 bits per heavy atom. The molecule has 1 aliphatic carbocycles. The molecule has 0 saturated heterocycles. The Hall–Kier alpha value is -3.03. The third-order valence-electron chi connectivity index (χ3n) is 4.60. The molecule has 1 fully saturated rings. The maximum absolute atomic E-state index is 13.5. The highest BCUT2D eigenvalue weighted by Crippen LogP contribution is 2.32. The van der Waals surface area contributed by atoms with Crippen LogP contribution in [0, 0.1) is 5.82 Å². The summed E-state index contributed by atoms with van der Waals surface area (Å²) in [6.07, 6.45) is 7.62. The van der Waals surface area contributed by atoms with Gasteiger partial charge in [-0.25, -0.2) is 24.1 Å². The third kappa shape index (κ3) is 1.82. The van der Waals surface area contributed by atoms with Crippen molar-refractivity contribution in [3.8, 4) is 11.5 Å². The van der Waals surface area contributed by atoms with Crippen LogP contribution >= 0.6 is 0 Å². The average molecular weight is 324 g/mol. The lowest BCUT2D eigenvalue weighted by atomic mass is 9.93. The number of nitrogens with zero attached hydrogens (tertiary/aromatic N) is 5. The molecule has 4 heterocycles. The fraction of sp³-hybridized carbons (Fsp3) is 0.250. The van der Waals surface area contributed by atoms with Crippen molar-refractivity contribution >= 4 is 16.8 Å². The van der Waals surface area contributed by atoms with Crippen molar-refractivity contribution in [2.75, 3.05) is 0 Å². The first-order valence-corrected chi connectivity index (χ1v) is 7.81. The van der Waals surface area contributed by atoms with Crippen molar-refractivity contribution in [3.05, 3.63) is 47.0 Å². The topological polar surface area (TPSA) is 80.9 Å². The zero-order chi connectivity index (χ0) is 16.3. The Morgan fingerprint density at radius 1 is 1.21 bits per heavy atom. The van der Waals surface area contributed by atoms with E-state index in [1.54, 1.807) is 27.4 Å². The van der Waals surface area contributed by atoms with Gasteiger partial charge in [-0.2, -0.15) is 0 Å². The molecule has 5 rings (SSSR count). The fourth-order valence-electron chi connectivity index (χ4n) is 3.14. The number of H-pyrrole nitrogens is 1. The van der Waals surface area contributed by atoms with Gasteiger partial charge in [-0.3, -0.25) is 8.97 Å². The minimum absolute atomic E-state index is 0.162. The summed E-state index contributed by atoms with van der Waals surface area (Å²) in [5.74, 6) is 0.0449. The Kier molecular flexibility index (Phi) is 2.64. The zero-order valence-electron chi connectivity index (χ0n) is 12.6. The number of pyridine rings is 1. The quantitative estimate of drug-likeness (QED) is 0.613. The summed E-state index contributed by atoms with van der Waals surface area (Å²) in [7, 11) is 0. The van der Waals surface area contributed by atoms with E-state index in [1.807, 2.05) is 0 Å². The SMILES string of the molecule is O=c1[nH]c2cnc(-c3cnc4ccc(F)cn34)nc2n1C1CCC1. The first kappa shape index (κ1) is 13.4. The minimum atomic E-state index is -0.365. The van der Waals surface area contributed by atoms with Crippen molar-refractivity contribution in [3.63, 3.8) is 0 Å². The van der Waals surface area contributed by atoms with Crippen molar-refractivity contribution in [2.45, 2.75) is 25.3 Å². The van der Waals surface area contributed by atoms with Gasteiger partial charge in [0.2, 0.25) is 0 Å². The number of aromatic nitrogens is 6. The van der Waals surface area contributed by atoms with Crippen LogP contribution in [0.15, 0.2) is 35.5 Å². The molecule has 0 amide bonds. The highest BCUT2D eigenvalue weighted by molar-refractivity contribution is 5.72. The van der Waals surface area contributed by atoms with Gasteiger partial charge in [0.25, 0.3) is 0 Å². The van der Waals surface area contributed by atoms with Crippen molar-refractivity contribution in [1.29, 1.82) is 0 Å². The van der Waals surface area contributed by atoms with Gasteiger partial charge in [0.1, 0.15) is 22.7 Å². The maximum atomic E-state index is 13.5. The maximum Gasteiger partial charge on any atom is 0.327 e. The molecule has 0 atom stereocenters. The van der Waals surface area contributed by atoms with Gasteiger partial charge >= 0.3 is 5.69 Å². The van der Waals surface area contributed by atoms with E-state index in [9.17, 15) is 9.18 Å². The predicted molar refractivity (Wildman–Crippen MR) is 85.2 cm³/mol. The first-order valence-electron chi connectivity index (χ1n) is 7.81. The van der Waals surface area contributed by atoms with Gasteiger partial charge in [-0.15, -0.1) is 0 Å². The van der Waals surface area contributed by atoms with Crippen LogP contribution in [0.1, 0.15) is 25.3 Å². The summed E-state index contributed by atoms with van der Waals surface area (Å²) in [6, 6.07) is 3.14. The molecule has 0 aromatic carbocycles. The van der Waals surface area contributed by atoms with Crippen LogP contribution in [-0.2, 0) is 0 Å². The summed E-state index contributed by atoms with van der Waals surface area (Å²) < 4.78 is 16.9. The van der Waals surface area contributed by atoms with E-state index in [0.29, 0.717) is 28.3 Å². The van der Waals surface area contributed by atoms with Crippen molar-refractivity contribution in [1.82, 2.24) is 28.9 Å². The second-order valence-electron chi connectivity index (χ2n) is 6.03. The second kappa shape index (κ2) is 4.73. The van der Waals surface area contributed by atoms with Crippen molar-refractivity contribution < 1.29 is 4.39 Å². The van der Waals surface area contributed by atoms with Gasteiger partial charge in [-0.1, -0.05) is 0 Å². The largest absolute Gasteiger partial charge is 0.327 e. The number of hydrogen-bond acceptors (Lipinski definition) is 4. The summed E-state index contributed by atoms with van der Waals surface area (Å²) in [5, 5.41) is 0. The van der Waals surface area contributed by atoms with E-state index >= 15 is 0 Å². The van der Waals surface area contributed by atoms with Crippen LogP contribution in [0.3, 0.4) is 0 Å². The first-order chi connectivity index (χ1) is 11.7. The molecule has 0 radical (unpaired) electrons. The highest BCUT2D eigenvalue weighted by atomic mass is 19.1. The standard InChI is InChI=1S/C16H13FN6O/c17-9-4-5-13-18-7-12(22(13)8-9)14-19-6-11-15(21-14)23(16(24)20-11)10-2-1-3-10/h4-8,10H,1-3H2,(H,20,24). The van der Waals surface area contributed by atoms with Gasteiger partial charge in [0, 0.05) is 12.2 Å². The molecule has 1 saturated carbocycles. The van der Waals surface area contributed by atoms with Crippen molar-refractivity contribution in [2.24, 2.45) is 0 Å². The number of rotatable bonds is 2. The van der Waals surface area contributed by atoms with Crippen LogP contribution in [-0.4, -0.2) is 28.9 Å². The van der Waals surface area contributed by atoms with Crippen LogP contribution in [0.4, 0.5) is 4.39 Å². The van der Waals surface area contributed by atoms with E-state index < -0.39 is 0 Å². The molecular weight excluding hydrogens is 311 g/mol. The van der Waals surface area contributed by atoms with E-state index in [-0.39, 0.29) is 17.5 Å². The number of nitrogens with one attached hydrogen (secondary N) is 1. The summed E-state index contributed by atoms with van der Waals surface area (Å²) >= 11 is 0. The molecule has 4 aromatic heterocycles. The van der Waals surface area contributed by atoms with E-state index in [2.05, 4.69) is 19.9 Å². The Morgan fingerprint density at radius 3 is 2.88 bits per heavy atom. The monoisotopic (exact) mass is 324 g/mol. The number of aromatic amines is 1. The number of halogens is 1. The molecule has 120 valence electrons. The molecule has 0 spiro atoms. The fourth-order valence-corrected chi connectivity index (χ4v) is 3.14. The molecule has 0 unspecified atom stereocenters. The summed E-state index contributed by atoms with van der Waals surface area (Å²) in [5.41, 5.74) is 2.22. The molecule has 0 aliphatic heterocycles. The molecule has 0 bridgehead atoms. The molecule has 1 aliphatic rings. The second-order valence-corrected chi connectivity index (χ2v) is 6.03. The lowest BCUT2D eigenvalue weighted by Gasteiger charge is -2.26. The van der Waals surface area contributed by atoms with Crippen LogP contribution in [0.5, 0.6) is 0 Å². The highest BCUT2D eigenvalue weighted by Gasteiger charge is 2.24. The van der Waals surface area contributed by atoms with Gasteiger partial charge in [-0.05, 0) is 31.4 Å². The van der Waals surface area contributed by atoms with Gasteiger partial charge in [0.05, 0.1) is 12.4 Å².